The molecular formula is C19H22F2N10O10P2S2. The molecule has 0 amide bonds. The highest BCUT2D eigenvalue weighted by Crippen LogP contribution is 2.57. The van der Waals surface area contributed by atoms with E-state index in [4.69, 9.17) is 24.3 Å². The number of anilines is 1. The Balaban J connectivity index is 1.19. The van der Waals surface area contributed by atoms with Gasteiger partial charge in [0.15, 0.2) is 41.0 Å². The Morgan fingerprint density at radius 2 is 1.87 bits per heavy atom. The smallest absolute Gasteiger partial charge is 0.369 e. The van der Waals surface area contributed by atoms with E-state index in [2.05, 4.69) is 64.3 Å². The second-order valence-electron chi connectivity index (χ2n) is 9.74. The van der Waals surface area contributed by atoms with Gasteiger partial charge in [0.05, 0.1) is 32.0 Å². The lowest BCUT2D eigenvalue weighted by Gasteiger charge is -2.24. The Hall–Kier alpha value is -2.79. The lowest BCUT2D eigenvalue weighted by atomic mass is 10.1. The van der Waals surface area contributed by atoms with Gasteiger partial charge >= 0.3 is 13.6 Å². The molecule has 4 aromatic heterocycles. The minimum Gasteiger partial charge on any atom is -0.369 e. The van der Waals surface area contributed by atoms with Crippen molar-refractivity contribution in [2.75, 3.05) is 18.9 Å². The highest BCUT2D eigenvalue weighted by atomic mass is 32.7. The highest BCUT2D eigenvalue weighted by molar-refractivity contribution is 8.44. The maximum absolute atomic E-state index is 15.7. The molecule has 0 aromatic carbocycles. The molecular weight excluding hydrogens is 692 g/mol. The topological polar surface area (TPSA) is 267 Å². The van der Waals surface area contributed by atoms with E-state index in [1.54, 1.807) is 0 Å². The summed E-state index contributed by atoms with van der Waals surface area (Å²) >= 11 is 7.30. The van der Waals surface area contributed by atoms with E-state index < -0.39 is 81.0 Å². The largest absolute Gasteiger partial charge is 0.386 e. The van der Waals surface area contributed by atoms with Crippen molar-refractivity contribution in [3.63, 3.8) is 0 Å². The number of halogens is 2. The average Bonchev–Trinajstić information content (AvgIpc) is 3.72. The second kappa shape index (κ2) is 12.1. The fourth-order valence-corrected chi connectivity index (χ4v) is 6.81. The minimum atomic E-state index is -4.51. The number of ether oxygens (including phenoxy) is 2. The fraction of sp³-hybridized carbons (Fsp3) is 0.526. The van der Waals surface area contributed by atoms with Crippen LogP contribution in [0.15, 0.2) is 22.2 Å². The molecule has 9 atom stereocenters. The van der Waals surface area contributed by atoms with E-state index in [-0.39, 0.29) is 34.7 Å². The van der Waals surface area contributed by atoms with Gasteiger partial charge in [-0.3, -0.25) is 32.7 Å². The van der Waals surface area contributed by atoms with Crippen LogP contribution in [0.5, 0.6) is 0 Å². The molecule has 0 spiro atoms. The normalized spacial score (nSPS) is 29.8. The number of fused-ring (bicyclic) bond motifs is 2. The molecule has 2 fully saturated rings. The van der Waals surface area contributed by atoms with Gasteiger partial charge in [-0.25, -0.2) is 27.9 Å². The summed E-state index contributed by atoms with van der Waals surface area (Å²) in [5, 5.41) is 7.44. The number of alkyl halides is 2. The number of hydrogen-bond acceptors (Lipinski definition) is 15. The van der Waals surface area contributed by atoms with E-state index >= 15 is 4.39 Å². The van der Waals surface area contributed by atoms with Gasteiger partial charge in [0.25, 0.3) is 11.1 Å². The van der Waals surface area contributed by atoms with Crippen molar-refractivity contribution < 1.29 is 45.8 Å². The SMILES string of the molecule is Nc1nc2c(nnn2[C@@H]2O[C@H](COP(=O)(O)S)[C@H](F)[C@H]2OP(=O)(S)OC[C@@H]2C[C@H](F)C(n3cnc4c(=O)[nH]cnc43)O2)c(=O)[nH]1. The Morgan fingerprint density at radius 1 is 1.09 bits per heavy atom. The Bertz CT molecular complexity index is 1960. The monoisotopic (exact) mass is 714 g/mol. The zero-order chi connectivity index (χ0) is 32.3. The summed E-state index contributed by atoms with van der Waals surface area (Å²) in [6.45, 7) is -10.2. The molecule has 0 saturated carbocycles. The number of nitrogen functional groups attached to an aromatic ring is 1. The van der Waals surface area contributed by atoms with Gasteiger partial charge in [-0.1, -0.05) is 29.7 Å². The van der Waals surface area contributed by atoms with E-state index in [1.165, 1.54) is 10.9 Å². The summed E-state index contributed by atoms with van der Waals surface area (Å²) in [5.74, 6) is -0.338. The van der Waals surface area contributed by atoms with Gasteiger partial charge in [0, 0.05) is 6.42 Å². The van der Waals surface area contributed by atoms with Crippen molar-refractivity contribution in [2.45, 2.75) is 49.5 Å². The molecule has 6 heterocycles. The number of nitrogens with two attached hydrogens (primary N) is 1. The second-order valence-corrected chi connectivity index (χ2v) is 15.4. The van der Waals surface area contributed by atoms with Crippen molar-refractivity contribution in [1.82, 2.24) is 44.5 Å². The molecule has 5 N–H and O–H groups in total. The first kappa shape index (κ1) is 32.2. The number of aromatic amines is 2. The molecule has 20 nitrogen and oxygen atoms in total. The quantitative estimate of drug-likeness (QED) is 0.0969. The number of aromatic nitrogens is 9. The molecule has 2 aliphatic rings. The predicted octanol–water partition coefficient (Wildman–Crippen LogP) is 0.578. The average molecular weight is 715 g/mol. The van der Waals surface area contributed by atoms with Gasteiger partial charge in [-0.05, 0) is 0 Å². The number of hydrogen-bond donors (Lipinski definition) is 6. The first-order valence-electron chi connectivity index (χ1n) is 12.7. The van der Waals surface area contributed by atoms with E-state index in [1.807, 2.05) is 0 Å². The Kier molecular flexibility index (Phi) is 8.65. The molecule has 0 bridgehead atoms. The maximum Gasteiger partial charge on any atom is 0.386 e. The first-order chi connectivity index (χ1) is 21.2. The van der Waals surface area contributed by atoms with Gasteiger partial charge in [0.2, 0.25) is 5.95 Å². The third kappa shape index (κ3) is 6.57. The van der Waals surface area contributed by atoms with Gasteiger partial charge in [-0.15, -0.1) is 5.10 Å². The number of H-pyrrole nitrogens is 2. The number of imidazole rings is 1. The molecule has 26 heteroatoms. The maximum atomic E-state index is 15.7. The summed E-state index contributed by atoms with van der Waals surface area (Å²) in [5.41, 5.74) is 3.79. The molecule has 6 rings (SSSR count). The number of nitrogens with zero attached hydrogens (tertiary/aromatic N) is 7. The summed E-state index contributed by atoms with van der Waals surface area (Å²) in [6.07, 6.45) is -9.13. The number of rotatable bonds is 10. The number of nitrogens with one attached hydrogen (secondary N) is 2. The highest BCUT2D eigenvalue weighted by Gasteiger charge is 2.51. The van der Waals surface area contributed by atoms with Gasteiger partial charge in [-0.2, -0.15) is 9.67 Å². The van der Waals surface area contributed by atoms with Crippen LogP contribution < -0.4 is 16.9 Å². The van der Waals surface area contributed by atoms with Crippen molar-refractivity contribution >= 4 is 66.4 Å². The van der Waals surface area contributed by atoms with Crippen LogP contribution in [0.1, 0.15) is 18.9 Å². The standard InChI is InChI=1S/C19H22F2N10O10P2S2/c20-7-1-6(39-17(7)30-5-25-10-13(30)23-4-24-15(10)32)2-38-43(36,45)41-12-9(21)8(3-37-42(34,35)44)40-18(12)31-14-11(28-29-31)16(33)27-19(22)26-14/h4-9,12,17-18H,1-3H2,(H,36,45)(H,23,24,32)(H2,34,35,44)(H3,22,26,27,33)/t6-,7-,8+,9-,12+,17?,18+,43?/m0/s1. The Morgan fingerprint density at radius 3 is 2.62 bits per heavy atom. The summed E-state index contributed by atoms with van der Waals surface area (Å²) < 4.78 is 84.3. The summed E-state index contributed by atoms with van der Waals surface area (Å²) in [7, 11) is 0. The molecule has 0 radical (unpaired) electrons. The van der Waals surface area contributed by atoms with Crippen LogP contribution >= 0.6 is 38.1 Å². The van der Waals surface area contributed by atoms with E-state index in [0.717, 1.165) is 11.0 Å². The molecule has 3 unspecified atom stereocenters. The van der Waals surface area contributed by atoms with Crippen molar-refractivity contribution in [1.29, 1.82) is 0 Å². The molecule has 244 valence electrons. The third-order valence-corrected chi connectivity index (χ3v) is 9.16. The summed E-state index contributed by atoms with van der Waals surface area (Å²) in [6, 6.07) is 0. The molecule has 2 saturated heterocycles. The fourth-order valence-electron chi connectivity index (χ4n) is 4.80. The van der Waals surface area contributed by atoms with Gasteiger partial charge in [0.1, 0.15) is 18.4 Å². The minimum absolute atomic E-state index is 0.0297. The van der Waals surface area contributed by atoms with Crippen LogP contribution in [0.3, 0.4) is 0 Å². The van der Waals surface area contributed by atoms with Gasteiger partial charge < -0.3 is 25.1 Å². The molecule has 45 heavy (non-hydrogen) atoms. The summed E-state index contributed by atoms with van der Waals surface area (Å²) in [4.78, 5) is 50.0. The van der Waals surface area contributed by atoms with Crippen LogP contribution in [0, 0.1) is 0 Å². The molecule has 2 aliphatic heterocycles. The van der Waals surface area contributed by atoms with E-state index in [9.17, 15) is 28.0 Å². The number of thiol groups is 2. The molecule has 4 aromatic rings. The lowest BCUT2D eigenvalue weighted by molar-refractivity contribution is -0.0531. The van der Waals surface area contributed by atoms with Crippen LogP contribution in [0.2, 0.25) is 0 Å². The van der Waals surface area contributed by atoms with Crippen molar-refractivity contribution in [3.05, 3.63) is 33.4 Å². The van der Waals surface area contributed by atoms with Crippen LogP contribution in [-0.4, -0.2) is 93.2 Å². The zero-order valence-electron chi connectivity index (χ0n) is 22.2. The third-order valence-electron chi connectivity index (χ3n) is 6.71. The Labute approximate surface area is 258 Å². The van der Waals surface area contributed by atoms with Crippen LogP contribution in [-0.2, 0) is 32.2 Å². The molecule has 0 aliphatic carbocycles. The van der Waals surface area contributed by atoms with Crippen LogP contribution in [0.4, 0.5) is 14.7 Å². The first-order valence-corrected chi connectivity index (χ1v) is 18.1. The van der Waals surface area contributed by atoms with Crippen molar-refractivity contribution in [2.24, 2.45) is 0 Å². The lowest BCUT2D eigenvalue weighted by Crippen LogP contribution is -2.32. The zero-order valence-corrected chi connectivity index (χ0v) is 25.8. The predicted molar refractivity (Wildman–Crippen MR) is 153 cm³/mol. The van der Waals surface area contributed by atoms with Crippen LogP contribution in [0.25, 0.3) is 22.3 Å². The van der Waals surface area contributed by atoms with E-state index in [0.29, 0.717) is 0 Å². The van der Waals surface area contributed by atoms with Crippen molar-refractivity contribution in [3.8, 4) is 0 Å².